The van der Waals surface area contributed by atoms with Gasteiger partial charge in [0.2, 0.25) is 0 Å². The molecule has 1 amide bonds. The summed E-state index contributed by atoms with van der Waals surface area (Å²) < 4.78 is 5.37. The summed E-state index contributed by atoms with van der Waals surface area (Å²) >= 11 is 0. The average molecular weight is 307 g/mol. The SMILES string of the molecule is CC(C)(C)OC(=O)N1CCC(O)(c2ccccc2)C(CO)C1. The summed E-state index contributed by atoms with van der Waals surface area (Å²) in [4.78, 5) is 13.7. The number of ether oxygens (including phenoxy) is 1. The zero-order valence-corrected chi connectivity index (χ0v) is 13.5. The van der Waals surface area contributed by atoms with E-state index in [1.165, 1.54) is 0 Å². The van der Waals surface area contributed by atoms with Gasteiger partial charge >= 0.3 is 6.09 Å². The number of aliphatic hydroxyl groups excluding tert-OH is 1. The number of hydrogen-bond donors (Lipinski definition) is 2. The van der Waals surface area contributed by atoms with E-state index in [9.17, 15) is 15.0 Å². The topological polar surface area (TPSA) is 70.0 Å². The van der Waals surface area contributed by atoms with Crippen LogP contribution in [-0.4, -0.2) is 46.5 Å². The molecule has 0 spiro atoms. The van der Waals surface area contributed by atoms with Gasteiger partial charge in [0.15, 0.2) is 0 Å². The van der Waals surface area contributed by atoms with Crippen LogP contribution >= 0.6 is 0 Å². The van der Waals surface area contributed by atoms with Crippen LogP contribution in [0.15, 0.2) is 30.3 Å². The molecule has 1 heterocycles. The molecule has 122 valence electrons. The fourth-order valence-corrected chi connectivity index (χ4v) is 2.83. The zero-order chi connectivity index (χ0) is 16.4. The summed E-state index contributed by atoms with van der Waals surface area (Å²) in [5.74, 6) is -0.434. The second-order valence-electron chi connectivity index (χ2n) is 6.85. The molecule has 0 bridgehead atoms. The predicted molar refractivity (Wildman–Crippen MR) is 83.3 cm³/mol. The van der Waals surface area contributed by atoms with Crippen molar-refractivity contribution in [1.82, 2.24) is 4.90 Å². The van der Waals surface area contributed by atoms with Crippen LogP contribution in [0.1, 0.15) is 32.8 Å². The van der Waals surface area contributed by atoms with Crippen LogP contribution < -0.4 is 0 Å². The highest BCUT2D eigenvalue weighted by Gasteiger charge is 2.44. The second-order valence-corrected chi connectivity index (χ2v) is 6.85. The molecule has 0 aromatic heterocycles. The van der Waals surface area contributed by atoms with Crippen LogP contribution in [0.5, 0.6) is 0 Å². The summed E-state index contributed by atoms with van der Waals surface area (Å²) in [6.07, 6.45) is -0.0253. The molecule has 0 radical (unpaired) electrons. The zero-order valence-electron chi connectivity index (χ0n) is 13.5. The van der Waals surface area contributed by atoms with Crippen LogP contribution in [0.2, 0.25) is 0 Å². The van der Waals surface area contributed by atoms with E-state index < -0.39 is 23.2 Å². The monoisotopic (exact) mass is 307 g/mol. The van der Waals surface area contributed by atoms with Crippen molar-refractivity contribution in [3.8, 4) is 0 Å². The third kappa shape index (κ3) is 3.59. The molecule has 2 unspecified atom stereocenters. The summed E-state index contributed by atoms with van der Waals surface area (Å²) in [5, 5.41) is 20.7. The van der Waals surface area contributed by atoms with Crippen molar-refractivity contribution in [2.24, 2.45) is 5.92 Å². The first-order chi connectivity index (χ1) is 10.3. The number of benzene rings is 1. The Kier molecular flexibility index (Phi) is 4.78. The minimum Gasteiger partial charge on any atom is -0.444 e. The first-order valence-electron chi connectivity index (χ1n) is 7.63. The number of hydrogen-bond acceptors (Lipinski definition) is 4. The number of aliphatic hydroxyl groups is 2. The van der Waals surface area contributed by atoms with E-state index in [2.05, 4.69) is 0 Å². The van der Waals surface area contributed by atoms with E-state index in [0.29, 0.717) is 13.0 Å². The lowest BCUT2D eigenvalue weighted by molar-refractivity contribution is -0.0944. The summed E-state index contributed by atoms with van der Waals surface area (Å²) in [7, 11) is 0. The van der Waals surface area contributed by atoms with Crippen molar-refractivity contribution in [3.05, 3.63) is 35.9 Å². The van der Waals surface area contributed by atoms with E-state index in [4.69, 9.17) is 4.74 Å². The fourth-order valence-electron chi connectivity index (χ4n) is 2.83. The second kappa shape index (κ2) is 6.26. The molecular weight excluding hydrogens is 282 g/mol. The highest BCUT2D eigenvalue weighted by Crippen LogP contribution is 2.37. The van der Waals surface area contributed by atoms with Gasteiger partial charge in [-0.05, 0) is 32.8 Å². The Labute approximate surface area is 131 Å². The Hall–Kier alpha value is -1.59. The van der Waals surface area contributed by atoms with Crippen LogP contribution in [0, 0.1) is 5.92 Å². The normalized spacial score (nSPS) is 25.9. The van der Waals surface area contributed by atoms with Crippen LogP contribution in [-0.2, 0) is 10.3 Å². The Balaban J connectivity index is 2.13. The van der Waals surface area contributed by atoms with Gasteiger partial charge in [-0.25, -0.2) is 4.79 Å². The van der Waals surface area contributed by atoms with E-state index in [1.807, 2.05) is 51.1 Å². The highest BCUT2D eigenvalue weighted by molar-refractivity contribution is 5.68. The first-order valence-corrected chi connectivity index (χ1v) is 7.63. The van der Waals surface area contributed by atoms with E-state index in [-0.39, 0.29) is 13.2 Å². The van der Waals surface area contributed by atoms with Crippen LogP contribution in [0.4, 0.5) is 4.79 Å². The number of amides is 1. The number of piperidine rings is 1. The van der Waals surface area contributed by atoms with Crippen molar-refractivity contribution >= 4 is 6.09 Å². The van der Waals surface area contributed by atoms with Gasteiger partial charge in [0.05, 0.1) is 12.2 Å². The molecular formula is C17H25NO4. The van der Waals surface area contributed by atoms with Crippen molar-refractivity contribution in [2.75, 3.05) is 19.7 Å². The van der Waals surface area contributed by atoms with Gasteiger partial charge in [-0.15, -0.1) is 0 Å². The maximum absolute atomic E-state index is 12.2. The molecule has 1 aromatic carbocycles. The molecule has 1 aromatic rings. The lowest BCUT2D eigenvalue weighted by Crippen LogP contribution is -2.53. The molecule has 0 aliphatic carbocycles. The maximum atomic E-state index is 12.2. The lowest BCUT2D eigenvalue weighted by Gasteiger charge is -2.44. The van der Waals surface area contributed by atoms with Crippen molar-refractivity contribution in [3.63, 3.8) is 0 Å². The predicted octanol–water partition coefficient (Wildman–Crippen LogP) is 2.12. The minimum atomic E-state index is -1.12. The number of nitrogens with zero attached hydrogens (tertiary/aromatic N) is 1. The third-order valence-electron chi connectivity index (χ3n) is 4.02. The third-order valence-corrected chi connectivity index (χ3v) is 4.02. The molecule has 2 rings (SSSR count). The molecule has 1 aliphatic heterocycles. The summed E-state index contributed by atoms with van der Waals surface area (Å²) in [6, 6.07) is 9.32. The van der Waals surface area contributed by atoms with Crippen molar-refractivity contribution in [2.45, 2.75) is 38.4 Å². The van der Waals surface area contributed by atoms with Gasteiger partial charge in [-0.1, -0.05) is 30.3 Å². The van der Waals surface area contributed by atoms with Crippen LogP contribution in [0.25, 0.3) is 0 Å². The van der Waals surface area contributed by atoms with E-state index in [1.54, 1.807) is 4.90 Å². The number of rotatable bonds is 2. The molecule has 0 saturated carbocycles. The minimum absolute atomic E-state index is 0.190. The van der Waals surface area contributed by atoms with Gasteiger partial charge in [0.25, 0.3) is 0 Å². The number of carbonyl (C=O) groups excluding carboxylic acids is 1. The Morgan fingerprint density at radius 3 is 2.55 bits per heavy atom. The van der Waals surface area contributed by atoms with E-state index >= 15 is 0 Å². The molecule has 5 nitrogen and oxygen atoms in total. The quantitative estimate of drug-likeness (QED) is 0.878. The fraction of sp³-hybridized carbons (Fsp3) is 0.588. The maximum Gasteiger partial charge on any atom is 0.410 e. The van der Waals surface area contributed by atoms with Gasteiger partial charge in [-0.3, -0.25) is 0 Å². The molecule has 1 saturated heterocycles. The summed E-state index contributed by atoms with van der Waals surface area (Å²) in [5.41, 5.74) is -0.897. The Morgan fingerprint density at radius 2 is 2.00 bits per heavy atom. The molecule has 1 aliphatic rings. The molecule has 1 fully saturated rings. The Bertz CT molecular complexity index is 511. The highest BCUT2D eigenvalue weighted by atomic mass is 16.6. The van der Waals surface area contributed by atoms with Gasteiger partial charge in [0.1, 0.15) is 5.60 Å². The van der Waals surface area contributed by atoms with Crippen molar-refractivity contribution in [1.29, 1.82) is 0 Å². The number of carbonyl (C=O) groups is 1. The van der Waals surface area contributed by atoms with Crippen LogP contribution in [0.3, 0.4) is 0 Å². The smallest absolute Gasteiger partial charge is 0.410 e. The first kappa shape index (κ1) is 16.8. The average Bonchev–Trinajstić information content (AvgIpc) is 2.46. The van der Waals surface area contributed by atoms with E-state index in [0.717, 1.165) is 5.56 Å². The number of likely N-dealkylation sites (tertiary alicyclic amines) is 1. The molecule has 2 N–H and O–H groups in total. The standard InChI is InChI=1S/C17H25NO4/c1-16(2,3)22-15(20)18-10-9-17(21,14(11-18)12-19)13-7-5-4-6-8-13/h4-8,14,19,21H,9-12H2,1-3H3. The van der Waals surface area contributed by atoms with Gasteiger partial charge in [0, 0.05) is 19.0 Å². The molecule has 2 atom stereocenters. The van der Waals surface area contributed by atoms with Crippen molar-refractivity contribution < 1.29 is 19.7 Å². The van der Waals surface area contributed by atoms with Gasteiger partial charge in [-0.2, -0.15) is 0 Å². The summed E-state index contributed by atoms with van der Waals surface area (Å²) in [6.45, 7) is 5.94. The lowest BCUT2D eigenvalue weighted by atomic mass is 9.76. The Morgan fingerprint density at radius 1 is 1.36 bits per heavy atom. The largest absolute Gasteiger partial charge is 0.444 e. The molecule has 22 heavy (non-hydrogen) atoms. The van der Waals surface area contributed by atoms with Gasteiger partial charge < -0.3 is 19.8 Å². The molecule has 5 heteroatoms.